The summed E-state index contributed by atoms with van der Waals surface area (Å²) >= 11 is 2.56. The molecule has 3 heterocycles. The first-order valence-corrected chi connectivity index (χ1v) is 9.61. The number of nitrogens with two attached hydrogens (primary N) is 1. The van der Waals surface area contributed by atoms with Crippen molar-refractivity contribution < 1.29 is 9.59 Å². The summed E-state index contributed by atoms with van der Waals surface area (Å²) in [5.74, 6) is -1.03. The Morgan fingerprint density at radius 2 is 2.04 bits per heavy atom. The number of anilines is 3. The van der Waals surface area contributed by atoms with Gasteiger partial charge in [0.1, 0.15) is 5.00 Å². The van der Waals surface area contributed by atoms with Crippen molar-refractivity contribution in [2.45, 2.75) is 0 Å². The number of carbonyl (C=O) groups is 2. The third kappa shape index (κ3) is 3.50. The Labute approximate surface area is 161 Å². The first kappa shape index (κ1) is 17.1. The van der Waals surface area contributed by atoms with Crippen LogP contribution < -0.4 is 16.4 Å². The highest BCUT2D eigenvalue weighted by molar-refractivity contribution is 7.20. The van der Waals surface area contributed by atoms with E-state index in [4.69, 9.17) is 5.73 Å². The Bertz CT molecular complexity index is 1130. The van der Waals surface area contributed by atoms with Crippen LogP contribution in [0, 0.1) is 0 Å². The van der Waals surface area contributed by atoms with E-state index >= 15 is 0 Å². The zero-order valence-electron chi connectivity index (χ0n) is 13.8. The molecule has 0 radical (unpaired) electrons. The number of primary amides is 1. The molecule has 4 aromatic rings. The summed E-state index contributed by atoms with van der Waals surface area (Å²) in [6.07, 6.45) is 3.47. The van der Waals surface area contributed by atoms with Crippen molar-refractivity contribution in [2.75, 3.05) is 10.6 Å². The first-order valence-electron chi connectivity index (χ1n) is 7.86. The molecule has 0 spiro atoms. The normalized spacial score (nSPS) is 10.7. The lowest BCUT2D eigenvalue weighted by Crippen LogP contribution is -2.17. The highest BCUT2D eigenvalue weighted by atomic mass is 32.1. The molecule has 0 atom stereocenters. The van der Waals surface area contributed by atoms with Crippen molar-refractivity contribution in [1.29, 1.82) is 0 Å². The van der Waals surface area contributed by atoms with Crippen molar-refractivity contribution in [3.8, 4) is 0 Å². The van der Waals surface area contributed by atoms with Crippen LogP contribution in [0.15, 0.2) is 53.5 Å². The molecule has 0 aliphatic carbocycles. The van der Waals surface area contributed by atoms with Gasteiger partial charge in [0.15, 0.2) is 10.8 Å². The molecule has 3 aromatic heterocycles. The Morgan fingerprint density at radius 1 is 1.15 bits per heavy atom. The zero-order chi connectivity index (χ0) is 18.8. The lowest BCUT2D eigenvalue weighted by atomic mass is 10.1. The van der Waals surface area contributed by atoms with E-state index < -0.39 is 5.91 Å². The number of fused-ring (bicyclic) bond motifs is 1. The number of thiazole rings is 1. The lowest BCUT2D eigenvalue weighted by molar-refractivity contribution is 0.0997. The summed E-state index contributed by atoms with van der Waals surface area (Å²) < 4.78 is 0. The number of hydrogen-bond donors (Lipinski definition) is 3. The average Bonchev–Trinajstić information content (AvgIpc) is 3.32. The van der Waals surface area contributed by atoms with Crippen molar-refractivity contribution in [1.82, 2.24) is 9.97 Å². The monoisotopic (exact) mass is 395 g/mol. The van der Waals surface area contributed by atoms with E-state index in [1.54, 1.807) is 29.2 Å². The van der Waals surface area contributed by atoms with Gasteiger partial charge in [-0.2, -0.15) is 11.3 Å². The summed E-state index contributed by atoms with van der Waals surface area (Å²) in [6, 6.07) is 9.38. The molecule has 27 heavy (non-hydrogen) atoms. The first-order chi connectivity index (χ1) is 13.1. The third-order valence-corrected chi connectivity index (χ3v) is 5.37. The van der Waals surface area contributed by atoms with Crippen LogP contribution in [-0.4, -0.2) is 21.8 Å². The Balaban J connectivity index is 1.66. The Morgan fingerprint density at radius 3 is 2.81 bits per heavy atom. The maximum absolute atomic E-state index is 12.3. The molecular formula is C18H13N5O2S2. The van der Waals surface area contributed by atoms with E-state index in [1.807, 2.05) is 24.3 Å². The molecule has 0 unspecified atom stereocenters. The van der Waals surface area contributed by atoms with Crippen LogP contribution in [0.1, 0.15) is 20.8 Å². The van der Waals surface area contributed by atoms with E-state index in [-0.39, 0.29) is 11.6 Å². The minimum Gasteiger partial charge on any atom is -0.364 e. The summed E-state index contributed by atoms with van der Waals surface area (Å²) in [5, 5.41) is 12.1. The van der Waals surface area contributed by atoms with Crippen molar-refractivity contribution in [3.05, 3.63) is 64.7 Å². The molecule has 1 aromatic carbocycles. The average molecular weight is 395 g/mol. The van der Waals surface area contributed by atoms with Gasteiger partial charge in [-0.1, -0.05) is 23.5 Å². The predicted molar refractivity (Wildman–Crippen MR) is 108 cm³/mol. The molecule has 2 amide bonds. The molecule has 4 N–H and O–H groups in total. The molecule has 0 bridgehead atoms. The lowest BCUT2D eigenvalue weighted by Gasteiger charge is -2.06. The number of hydrogen-bond acceptors (Lipinski definition) is 7. The highest BCUT2D eigenvalue weighted by Gasteiger charge is 2.19. The number of amides is 2. The minimum atomic E-state index is -0.709. The van der Waals surface area contributed by atoms with Crippen molar-refractivity contribution in [3.63, 3.8) is 0 Å². The smallest absolute Gasteiger partial charge is 0.270 e. The van der Waals surface area contributed by atoms with E-state index in [2.05, 4.69) is 20.6 Å². The van der Waals surface area contributed by atoms with Gasteiger partial charge >= 0.3 is 0 Å². The van der Waals surface area contributed by atoms with Gasteiger partial charge in [-0.05, 0) is 29.0 Å². The van der Waals surface area contributed by atoms with E-state index in [1.165, 1.54) is 11.3 Å². The summed E-state index contributed by atoms with van der Waals surface area (Å²) in [6.45, 7) is 0. The fraction of sp³-hybridized carbons (Fsp3) is 0. The molecule has 134 valence electrons. The van der Waals surface area contributed by atoms with Crippen LogP contribution in [-0.2, 0) is 0 Å². The van der Waals surface area contributed by atoms with Crippen LogP contribution >= 0.6 is 22.7 Å². The molecule has 0 saturated carbocycles. The van der Waals surface area contributed by atoms with Gasteiger partial charge in [0.05, 0.1) is 5.56 Å². The van der Waals surface area contributed by atoms with E-state index in [0.29, 0.717) is 15.7 Å². The number of nitrogens with zero attached hydrogens (tertiary/aromatic N) is 2. The molecule has 0 aliphatic heterocycles. The maximum atomic E-state index is 12.3. The molecule has 0 aliphatic rings. The van der Waals surface area contributed by atoms with Crippen molar-refractivity contribution in [2.24, 2.45) is 5.73 Å². The van der Waals surface area contributed by atoms with Gasteiger partial charge in [0.2, 0.25) is 0 Å². The molecule has 0 saturated heterocycles. The van der Waals surface area contributed by atoms with Gasteiger partial charge in [0.25, 0.3) is 11.8 Å². The Kier molecular flexibility index (Phi) is 4.53. The molecule has 0 fully saturated rings. The number of nitrogens with one attached hydrogen (secondary N) is 2. The number of benzene rings is 1. The van der Waals surface area contributed by atoms with Crippen LogP contribution in [0.5, 0.6) is 0 Å². The van der Waals surface area contributed by atoms with Crippen LogP contribution in [0.25, 0.3) is 10.8 Å². The summed E-state index contributed by atoms with van der Waals surface area (Å²) in [5.41, 5.74) is 6.75. The van der Waals surface area contributed by atoms with Crippen LogP contribution in [0.3, 0.4) is 0 Å². The second kappa shape index (κ2) is 7.14. The van der Waals surface area contributed by atoms with Gasteiger partial charge < -0.3 is 16.4 Å². The van der Waals surface area contributed by atoms with E-state index in [9.17, 15) is 9.59 Å². The Hall–Kier alpha value is -3.30. The number of pyridine rings is 1. The van der Waals surface area contributed by atoms with Crippen LogP contribution in [0.4, 0.5) is 15.8 Å². The van der Waals surface area contributed by atoms with E-state index in [0.717, 1.165) is 27.8 Å². The van der Waals surface area contributed by atoms with Gasteiger partial charge in [0, 0.05) is 28.8 Å². The predicted octanol–water partition coefficient (Wildman–Crippen LogP) is 3.85. The topological polar surface area (TPSA) is 110 Å². The largest absolute Gasteiger partial charge is 0.364 e. The molecule has 7 nitrogen and oxygen atoms in total. The second-order valence-electron chi connectivity index (χ2n) is 5.55. The number of aromatic nitrogens is 2. The number of carbonyl (C=O) groups excluding carboxylic acids is 2. The molecule has 4 rings (SSSR count). The van der Waals surface area contributed by atoms with Crippen molar-refractivity contribution >= 4 is 61.1 Å². The standard InChI is InChI=1S/C18H13N5O2S2/c19-15(24)14-17(23-16(25)11-5-7-26-9-11)27-18(22-14)21-13-3-1-2-10-4-6-20-8-12(10)13/h1-9H,(H2,19,24)(H,21,22)(H,23,25). The summed E-state index contributed by atoms with van der Waals surface area (Å²) in [7, 11) is 0. The van der Waals surface area contributed by atoms with Crippen LogP contribution in [0.2, 0.25) is 0 Å². The maximum Gasteiger partial charge on any atom is 0.270 e. The quantitative estimate of drug-likeness (QED) is 0.475. The molecule has 9 heteroatoms. The van der Waals surface area contributed by atoms with Gasteiger partial charge in [-0.15, -0.1) is 0 Å². The van der Waals surface area contributed by atoms with Gasteiger partial charge in [-0.3, -0.25) is 14.6 Å². The minimum absolute atomic E-state index is 0.0180. The third-order valence-electron chi connectivity index (χ3n) is 3.80. The van der Waals surface area contributed by atoms with Gasteiger partial charge in [-0.25, -0.2) is 4.98 Å². The number of thiophene rings is 1. The fourth-order valence-electron chi connectivity index (χ4n) is 2.53. The summed E-state index contributed by atoms with van der Waals surface area (Å²) in [4.78, 5) is 32.4. The fourth-order valence-corrected chi connectivity index (χ4v) is 4.05. The SMILES string of the molecule is NC(=O)c1nc(Nc2cccc3ccncc23)sc1NC(=O)c1ccsc1. The molecular weight excluding hydrogens is 382 g/mol. The zero-order valence-corrected chi connectivity index (χ0v) is 15.4. The highest BCUT2D eigenvalue weighted by Crippen LogP contribution is 2.33. The second-order valence-corrected chi connectivity index (χ2v) is 7.33. The number of rotatable bonds is 5.